The van der Waals surface area contributed by atoms with E-state index in [2.05, 4.69) is 16.6 Å². The second-order valence-electron chi connectivity index (χ2n) is 4.66. The zero-order valence-electron chi connectivity index (χ0n) is 13.0. The molecule has 0 bridgehead atoms. The topological polar surface area (TPSA) is 116 Å². The lowest BCUT2D eigenvalue weighted by Crippen LogP contribution is -2.04. The van der Waals surface area contributed by atoms with E-state index in [1.165, 1.54) is 12.2 Å². The molecule has 0 aromatic carbocycles. The second-order valence-corrected chi connectivity index (χ2v) is 4.66. The van der Waals surface area contributed by atoms with E-state index in [9.17, 15) is 14.4 Å². The van der Waals surface area contributed by atoms with Gasteiger partial charge in [-0.1, -0.05) is 19.4 Å². The monoisotopic (exact) mass is 312 g/mol. The molecule has 7 heteroatoms. The van der Waals surface area contributed by atoms with Gasteiger partial charge in [0.2, 0.25) is 12.2 Å². The van der Waals surface area contributed by atoms with Crippen LogP contribution in [0.15, 0.2) is 22.1 Å². The lowest BCUT2D eigenvalue weighted by molar-refractivity contribution is -0.132. The molecule has 0 fully saturated rings. The fourth-order valence-electron chi connectivity index (χ4n) is 1.32. The molecule has 0 radical (unpaired) electrons. The number of aliphatic imine (C=N–C) groups is 2. The molecule has 7 nitrogen and oxygen atoms in total. The van der Waals surface area contributed by atoms with Gasteiger partial charge in [0.05, 0.1) is 19.2 Å². The molecule has 0 saturated heterocycles. The lowest BCUT2D eigenvalue weighted by atomic mass is 10.1. The van der Waals surface area contributed by atoms with Crippen molar-refractivity contribution in [1.29, 1.82) is 0 Å². The first-order valence-corrected chi connectivity index (χ1v) is 7.12. The third-order valence-electron chi connectivity index (χ3n) is 2.59. The molecule has 0 aliphatic carbocycles. The second kappa shape index (κ2) is 17.0. The minimum absolute atomic E-state index is 0.154. The van der Waals surface area contributed by atoms with Gasteiger partial charge in [-0.25, -0.2) is 24.4 Å². The van der Waals surface area contributed by atoms with Gasteiger partial charge >= 0.3 is 5.97 Å². The Morgan fingerprint density at radius 2 is 1.55 bits per heavy atom. The standard InChI is InChI=1S/C8H12N2O2.C7H12O3/c11-7-9-5-3-1-2-4-6-10-8-12;1-5(7(9)10)3-4-6(2)8/h1-6H2;6,8H,1,3-4H2,2H3,(H,9,10). The van der Waals surface area contributed by atoms with Crippen LogP contribution in [0.3, 0.4) is 0 Å². The molecule has 2 N–H and O–H groups in total. The van der Waals surface area contributed by atoms with Gasteiger partial charge in [0.1, 0.15) is 0 Å². The SMILES string of the molecule is C=C(CCC(C)O)C(=O)O.O=C=NCCCCCCN=C=O. The number of carboxylic acid groups (broad SMARTS) is 1. The summed E-state index contributed by atoms with van der Waals surface area (Å²) in [6.45, 7) is 6.05. The van der Waals surface area contributed by atoms with Crippen LogP contribution in [0.4, 0.5) is 0 Å². The van der Waals surface area contributed by atoms with E-state index < -0.39 is 12.1 Å². The summed E-state index contributed by atoms with van der Waals surface area (Å²) >= 11 is 0. The van der Waals surface area contributed by atoms with E-state index in [1.807, 2.05) is 0 Å². The van der Waals surface area contributed by atoms with Crippen molar-refractivity contribution in [3.8, 4) is 0 Å². The van der Waals surface area contributed by atoms with Crippen LogP contribution in [0.25, 0.3) is 0 Å². The summed E-state index contributed by atoms with van der Waals surface area (Å²) < 4.78 is 0. The van der Waals surface area contributed by atoms with Crippen molar-refractivity contribution in [3.63, 3.8) is 0 Å². The highest BCUT2D eigenvalue weighted by Gasteiger charge is 2.04. The highest BCUT2D eigenvalue weighted by Crippen LogP contribution is 2.04. The summed E-state index contributed by atoms with van der Waals surface area (Å²) in [5, 5.41) is 17.1. The van der Waals surface area contributed by atoms with E-state index in [-0.39, 0.29) is 5.57 Å². The Morgan fingerprint density at radius 3 is 1.86 bits per heavy atom. The number of aliphatic hydroxyl groups is 1. The predicted octanol–water partition coefficient (Wildman–Crippen LogP) is 2.01. The Morgan fingerprint density at radius 1 is 1.09 bits per heavy atom. The highest BCUT2D eigenvalue weighted by molar-refractivity contribution is 5.85. The zero-order valence-corrected chi connectivity index (χ0v) is 13.0. The Kier molecular flexibility index (Phi) is 17.1. The van der Waals surface area contributed by atoms with Crippen LogP contribution in [0, 0.1) is 0 Å². The molecule has 0 aliphatic heterocycles. The van der Waals surface area contributed by atoms with E-state index >= 15 is 0 Å². The van der Waals surface area contributed by atoms with Gasteiger partial charge in [0.15, 0.2) is 0 Å². The number of isocyanates is 2. The van der Waals surface area contributed by atoms with Crippen LogP contribution in [-0.4, -0.2) is 47.5 Å². The van der Waals surface area contributed by atoms with Gasteiger partial charge < -0.3 is 10.2 Å². The van der Waals surface area contributed by atoms with Crippen LogP contribution >= 0.6 is 0 Å². The molecule has 22 heavy (non-hydrogen) atoms. The van der Waals surface area contributed by atoms with Crippen molar-refractivity contribution >= 4 is 18.1 Å². The summed E-state index contributed by atoms with van der Waals surface area (Å²) in [7, 11) is 0. The van der Waals surface area contributed by atoms with Gasteiger partial charge in [0, 0.05) is 5.57 Å². The number of carbonyl (C=O) groups is 1. The minimum Gasteiger partial charge on any atom is -0.478 e. The summed E-state index contributed by atoms with van der Waals surface area (Å²) in [6.07, 6.45) is 7.17. The molecular weight excluding hydrogens is 288 g/mol. The molecule has 0 amide bonds. The maximum absolute atomic E-state index is 10.1. The first-order chi connectivity index (χ1) is 10.5. The fraction of sp³-hybridized carbons (Fsp3) is 0.667. The Balaban J connectivity index is 0. The van der Waals surface area contributed by atoms with E-state index in [4.69, 9.17) is 10.2 Å². The van der Waals surface area contributed by atoms with Crippen LogP contribution < -0.4 is 0 Å². The summed E-state index contributed by atoms with van der Waals surface area (Å²) in [6, 6.07) is 0. The van der Waals surface area contributed by atoms with Gasteiger partial charge in [-0.15, -0.1) is 0 Å². The number of hydrogen-bond donors (Lipinski definition) is 2. The van der Waals surface area contributed by atoms with Crippen LogP contribution in [0.1, 0.15) is 45.4 Å². The third-order valence-corrected chi connectivity index (χ3v) is 2.59. The molecule has 0 rings (SSSR count). The molecule has 0 heterocycles. The van der Waals surface area contributed by atoms with Crippen molar-refractivity contribution in [1.82, 2.24) is 0 Å². The molecule has 0 saturated carbocycles. The quantitative estimate of drug-likeness (QED) is 0.262. The number of carboxylic acids is 1. The number of aliphatic hydroxyl groups excluding tert-OH is 1. The number of aliphatic carboxylic acids is 1. The summed E-state index contributed by atoms with van der Waals surface area (Å²) in [5.74, 6) is -0.986. The van der Waals surface area contributed by atoms with Gasteiger partial charge in [-0.05, 0) is 32.6 Å². The minimum atomic E-state index is -0.986. The number of hydrogen-bond acceptors (Lipinski definition) is 6. The highest BCUT2D eigenvalue weighted by atomic mass is 16.4. The smallest absolute Gasteiger partial charge is 0.330 e. The predicted molar refractivity (Wildman–Crippen MR) is 82.1 cm³/mol. The maximum Gasteiger partial charge on any atom is 0.330 e. The fourth-order valence-corrected chi connectivity index (χ4v) is 1.32. The Labute approximate surface area is 130 Å². The van der Waals surface area contributed by atoms with E-state index in [1.54, 1.807) is 6.92 Å². The average Bonchev–Trinajstić information content (AvgIpc) is 2.48. The van der Waals surface area contributed by atoms with Crippen LogP contribution in [0.5, 0.6) is 0 Å². The molecule has 1 atom stereocenters. The van der Waals surface area contributed by atoms with Crippen molar-refractivity contribution < 1.29 is 24.6 Å². The number of carbonyl (C=O) groups excluding carboxylic acids is 2. The van der Waals surface area contributed by atoms with Crippen LogP contribution in [0.2, 0.25) is 0 Å². The molecule has 0 aliphatic rings. The first kappa shape index (κ1) is 22.2. The number of rotatable bonds is 11. The van der Waals surface area contributed by atoms with Crippen molar-refractivity contribution in [2.75, 3.05) is 13.1 Å². The molecule has 1 unspecified atom stereocenters. The number of nitrogens with zero attached hydrogens (tertiary/aromatic N) is 2. The van der Waals surface area contributed by atoms with Crippen molar-refractivity contribution in [3.05, 3.63) is 12.2 Å². The van der Waals surface area contributed by atoms with Gasteiger partial charge in [0.25, 0.3) is 0 Å². The molecule has 124 valence electrons. The average molecular weight is 312 g/mol. The van der Waals surface area contributed by atoms with Crippen molar-refractivity contribution in [2.24, 2.45) is 9.98 Å². The van der Waals surface area contributed by atoms with Gasteiger partial charge in [-0.2, -0.15) is 0 Å². The Bertz CT molecular complexity index is 386. The molecule has 0 spiro atoms. The maximum atomic E-state index is 10.1. The lowest BCUT2D eigenvalue weighted by Gasteiger charge is -2.01. The third kappa shape index (κ3) is 20.3. The largest absolute Gasteiger partial charge is 0.478 e. The molecule has 0 aromatic heterocycles. The molecular formula is C15H24N2O5. The van der Waals surface area contributed by atoms with E-state index in [0.717, 1.165) is 25.7 Å². The van der Waals surface area contributed by atoms with E-state index in [0.29, 0.717) is 25.9 Å². The normalized spacial score (nSPS) is 10.3. The zero-order chi connectivity index (χ0) is 17.2. The van der Waals surface area contributed by atoms with Gasteiger partial charge in [-0.3, -0.25) is 0 Å². The van der Waals surface area contributed by atoms with Crippen LogP contribution in [-0.2, 0) is 14.4 Å². The summed E-state index contributed by atoms with van der Waals surface area (Å²) in [4.78, 5) is 36.2. The summed E-state index contributed by atoms with van der Waals surface area (Å²) in [5.41, 5.74) is 0.154. The number of unbranched alkanes of at least 4 members (excludes halogenated alkanes) is 3. The Hall–Kier alpha value is -2.07. The first-order valence-electron chi connectivity index (χ1n) is 7.12. The van der Waals surface area contributed by atoms with Crippen molar-refractivity contribution in [2.45, 2.75) is 51.6 Å². The molecule has 0 aromatic rings.